The van der Waals surface area contributed by atoms with Crippen LogP contribution in [0.2, 0.25) is 0 Å². The van der Waals surface area contributed by atoms with E-state index in [2.05, 4.69) is 9.72 Å². The number of rotatable bonds is 2. The van der Waals surface area contributed by atoms with Gasteiger partial charge in [-0.15, -0.1) is 13.2 Å². The molecule has 1 heterocycles. The van der Waals surface area contributed by atoms with Gasteiger partial charge in [0.05, 0.1) is 14.8 Å². The summed E-state index contributed by atoms with van der Waals surface area (Å²) in [6.07, 6.45) is -3.71. The summed E-state index contributed by atoms with van der Waals surface area (Å²) in [6.45, 7) is 1.37. The molecule has 16 heavy (non-hydrogen) atoms. The molecule has 1 rings (SSSR count). The molecule has 0 fully saturated rings. The molecule has 88 valence electrons. The van der Waals surface area contributed by atoms with Gasteiger partial charge in [0.2, 0.25) is 0 Å². The van der Waals surface area contributed by atoms with Crippen molar-refractivity contribution in [1.82, 2.24) is 4.98 Å². The van der Waals surface area contributed by atoms with Gasteiger partial charge in [-0.2, -0.15) is 0 Å². The number of ether oxygens (including phenoxy) is 1. The minimum atomic E-state index is -4.88. The van der Waals surface area contributed by atoms with Crippen LogP contribution < -0.4 is 4.74 Å². The minimum absolute atomic E-state index is 0.0597. The van der Waals surface area contributed by atoms with Crippen molar-refractivity contribution in [1.29, 1.82) is 0 Å². The highest BCUT2D eigenvalue weighted by Crippen LogP contribution is 2.32. The van der Waals surface area contributed by atoms with Crippen LogP contribution in [0.3, 0.4) is 0 Å². The van der Waals surface area contributed by atoms with Crippen LogP contribution in [0.15, 0.2) is 6.20 Å². The van der Waals surface area contributed by atoms with Gasteiger partial charge in [-0.05, 0) is 41.1 Å². The lowest BCUT2D eigenvalue weighted by atomic mass is 10.2. The van der Waals surface area contributed by atoms with Crippen molar-refractivity contribution in [3.63, 3.8) is 0 Å². The molecule has 0 amide bonds. The van der Waals surface area contributed by atoms with Gasteiger partial charge in [0, 0.05) is 6.20 Å². The Bertz CT molecular complexity index is 436. The molecular formula is C8H4ClF3INO2. The maximum absolute atomic E-state index is 12.1. The second kappa shape index (κ2) is 4.74. The second-order valence-electron chi connectivity index (χ2n) is 2.72. The highest BCUT2D eigenvalue weighted by Gasteiger charge is 2.34. The van der Waals surface area contributed by atoms with E-state index < -0.39 is 17.4 Å². The lowest BCUT2D eigenvalue weighted by molar-refractivity contribution is -0.275. The van der Waals surface area contributed by atoms with E-state index in [0.717, 1.165) is 0 Å². The Labute approximate surface area is 107 Å². The molecular weight excluding hydrogens is 361 g/mol. The van der Waals surface area contributed by atoms with Gasteiger partial charge in [-0.3, -0.25) is 9.78 Å². The van der Waals surface area contributed by atoms with Crippen molar-refractivity contribution < 1.29 is 22.7 Å². The number of aryl methyl sites for hydroxylation is 1. The number of hydrogen-bond donors (Lipinski definition) is 0. The zero-order valence-electron chi connectivity index (χ0n) is 7.73. The fourth-order valence-electron chi connectivity index (χ4n) is 1.01. The Hall–Kier alpha value is -0.570. The highest BCUT2D eigenvalue weighted by atomic mass is 127. The Kier molecular flexibility index (Phi) is 4.00. The van der Waals surface area contributed by atoms with Gasteiger partial charge in [0.15, 0.2) is 5.75 Å². The Morgan fingerprint density at radius 2 is 2.12 bits per heavy atom. The monoisotopic (exact) mass is 365 g/mol. The summed E-state index contributed by atoms with van der Waals surface area (Å²) >= 11 is 6.76. The fraction of sp³-hybridized carbons (Fsp3) is 0.250. The summed E-state index contributed by atoms with van der Waals surface area (Å²) in [5, 5.41) is -1.04. The number of carbonyl (C=O) groups is 1. The van der Waals surface area contributed by atoms with Crippen LogP contribution in [-0.2, 0) is 0 Å². The quantitative estimate of drug-likeness (QED) is 0.596. The van der Waals surface area contributed by atoms with Crippen LogP contribution in [-0.4, -0.2) is 16.6 Å². The largest absolute Gasteiger partial charge is 0.573 e. The first kappa shape index (κ1) is 13.5. The van der Waals surface area contributed by atoms with Gasteiger partial charge >= 0.3 is 6.36 Å². The SMILES string of the molecule is Cc1ncc(I)c(OC(F)(F)F)c1C(=O)Cl. The first-order valence-electron chi connectivity index (χ1n) is 3.83. The molecule has 0 saturated heterocycles. The summed E-state index contributed by atoms with van der Waals surface area (Å²) in [7, 11) is 0. The molecule has 3 nitrogen and oxygen atoms in total. The molecule has 0 aliphatic carbocycles. The average molecular weight is 365 g/mol. The maximum Gasteiger partial charge on any atom is 0.573 e. The number of hydrogen-bond acceptors (Lipinski definition) is 3. The van der Waals surface area contributed by atoms with Gasteiger partial charge < -0.3 is 4.74 Å². The van der Waals surface area contributed by atoms with E-state index in [1.165, 1.54) is 13.1 Å². The number of pyridine rings is 1. The van der Waals surface area contributed by atoms with E-state index in [-0.39, 0.29) is 14.8 Å². The van der Waals surface area contributed by atoms with Crippen molar-refractivity contribution in [3.8, 4) is 5.75 Å². The van der Waals surface area contributed by atoms with Crippen molar-refractivity contribution in [2.75, 3.05) is 0 Å². The van der Waals surface area contributed by atoms with E-state index >= 15 is 0 Å². The molecule has 8 heteroatoms. The molecule has 1 aromatic heterocycles. The first-order valence-corrected chi connectivity index (χ1v) is 5.28. The second-order valence-corrected chi connectivity index (χ2v) is 4.22. The van der Waals surface area contributed by atoms with E-state index in [1.54, 1.807) is 22.6 Å². The first-order chi connectivity index (χ1) is 7.22. The zero-order chi connectivity index (χ0) is 12.5. The van der Waals surface area contributed by atoms with Crippen molar-refractivity contribution in [3.05, 3.63) is 21.0 Å². The number of aromatic nitrogens is 1. The molecule has 0 atom stereocenters. The Morgan fingerprint density at radius 1 is 1.56 bits per heavy atom. The Morgan fingerprint density at radius 3 is 2.56 bits per heavy atom. The molecule has 0 saturated carbocycles. The molecule has 0 aliphatic heterocycles. The highest BCUT2D eigenvalue weighted by molar-refractivity contribution is 14.1. The number of nitrogens with zero attached hydrogens (tertiary/aromatic N) is 1. The lowest BCUT2D eigenvalue weighted by Crippen LogP contribution is -2.20. The van der Waals surface area contributed by atoms with Crippen LogP contribution in [0.4, 0.5) is 13.2 Å². The summed E-state index contributed by atoms with van der Waals surface area (Å²) < 4.78 is 40.1. The smallest absolute Gasteiger partial charge is 0.404 e. The normalized spacial score (nSPS) is 11.4. The van der Waals surface area contributed by atoms with Crippen LogP contribution >= 0.6 is 34.2 Å². The van der Waals surface area contributed by atoms with Crippen molar-refractivity contribution in [2.45, 2.75) is 13.3 Å². The van der Waals surface area contributed by atoms with Gasteiger partial charge in [0.25, 0.3) is 5.24 Å². The summed E-state index contributed by atoms with van der Waals surface area (Å²) in [6, 6.07) is 0. The maximum atomic E-state index is 12.1. The van der Waals surface area contributed by atoms with Crippen LogP contribution in [0, 0.1) is 10.5 Å². The fourth-order valence-corrected chi connectivity index (χ4v) is 1.75. The molecule has 0 N–H and O–H groups in total. The molecule has 0 spiro atoms. The Balaban J connectivity index is 3.35. The molecule has 0 bridgehead atoms. The van der Waals surface area contributed by atoms with E-state index in [9.17, 15) is 18.0 Å². The predicted molar refractivity (Wildman–Crippen MR) is 58.6 cm³/mol. The zero-order valence-corrected chi connectivity index (χ0v) is 10.6. The standard InChI is InChI=1S/C8H4ClF3INO2/c1-3-5(7(9)15)6(4(13)2-14-3)16-8(10,11)12/h2H,1H3. The molecule has 0 unspecified atom stereocenters. The molecule has 0 aliphatic rings. The summed E-state index contributed by atoms with van der Waals surface area (Å²) in [4.78, 5) is 14.7. The van der Waals surface area contributed by atoms with Gasteiger partial charge in [0.1, 0.15) is 0 Å². The number of alkyl halides is 3. The number of carbonyl (C=O) groups excluding carboxylic acids is 1. The lowest BCUT2D eigenvalue weighted by Gasteiger charge is -2.13. The summed E-state index contributed by atoms with van der Waals surface area (Å²) in [5.41, 5.74) is -0.287. The third kappa shape index (κ3) is 3.21. The van der Waals surface area contributed by atoms with Crippen LogP contribution in [0.5, 0.6) is 5.75 Å². The van der Waals surface area contributed by atoms with E-state index in [0.29, 0.717) is 0 Å². The van der Waals surface area contributed by atoms with Gasteiger partial charge in [-0.1, -0.05) is 0 Å². The van der Waals surface area contributed by atoms with Crippen molar-refractivity contribution >= 4 is 39.4 Å². The summed E-state index contributed by atoms with van der Waals surface area (Å²) in [5.74, 6) is -0.611. The minimum Gasteiger partial charge on any atom is -0.404 e. The topological polar surface area (TPSA) is 39.2 Å². The molecule has 0 radical (unpaired) electrons. The predicted octanol–water partition coefficient (Wildman–Crippen LogP) is 3.27. The number of halogens is 5. The molecule has 1 aromatic rings. The van der Waals surface area contributed by atoms with Gasteiger partial charge in [-0.25, -0.2) is 0 Å². The van der Waals surface area contributed by atoms with Crippen molar-refractivity contribution in [2.24, 2.45) is 0 Å². The van der Waals surface area contributed by atoms with Crippen LogP contribution in [0.1, 0.15) is 16.1 Å². The van der Waals surface area contributed by atoms with E-state index in [4.69, 9.17) is 11.6 Å². The third-order valence-corrected chi connectivity index (χ3v) is 2.55. The van der Waals surface area contributed by atoms with E-state index in [1.807, 2.05) is 0 Å². The van der Waals surface area contributed by atoms with Crippen LogP contribution in [0.25, 0.3) is 0 Å². The average Bonchev–Trinajstić information content (AvgIpc) is 2.08. The third-order valence-electron chi connectivity index (χ3n) is 1.59. The molecule has 0 aromatic carbocycles.